The Morgan fingerprint density at radius 2 is 2.13 bits per heavy atom. The van der Waals surface area contributed by atoms with Crippen molar-refractivity contribution in [1.82, 2.24) is 24.9 Å². The van der Waals surface area contributed by atoms with Crippen molar-refractivity contribution >= 4 is 23.4 Å². The third-order valence-electron chi connectivity index (χ3n) is 3.32. The van der Waals surface area contributed by atoms with Gasteiger partial charge in [-0.2, -0.15) is 4.98 Å². The van der Waals surface area contributed by atoms with Gasteiger partial charge in [0.2, 0.25) is 11.1 Å². The summed E-state index contributed by atoms with van der Waals surface area (Å²) in [6.45, 7) is 2.50. The molecule has 1 atom stereocenters. The van der Waals surface area contributed by atoms with Crippen LogP contribution in [0.15, 0.2) is 53.9 Å². The number of hydrogen-bond acceptors (Lipinski definition) is 5. The Labute approximate surface area is 138 Å². The highest BCUT2D eigenvalue weighted by atomic mass is 32.2. The number of carbonyl (C=O) groups excluding carboxylic acids is 1. The topological polar surface area (TPSA) is 72.2 Å². The van der Waals surface area contributed by atoms with Crippen molar-refractivity contribution in [2.45, 2.75) is 30.3 Å². The Bertz CT molecular complexity index is 756. The molecule has 0 saturated carbocycles. The number of fused-ring (bicyclic) bond motifs is 1. The highest BCUT2D eigenvalue weighted by Crippen LogP contribution is 2.22. The van der Waals surface area contributed by atoms with Crippen LogP contribution in [0.4, 0.5) is 0 Å². The highest BCUT2D eigenvalue weighted by Gasteiger charge is 2.20. The molecule has 0 fully saturated rings. The minimum Gasteiger partial charge on any atom is -0.351 e. The molecule has 0 aliphatic heterocycles. The molecule has 0 unspecified atom stereocenters. The summed E-state index contributed by atoms with van der Waals surface area (Å²) in [5, 5.41) is 7.63. The molecular formula is C16H17N5OS. The first-order valence-corrected chi connectivity index (χ1v) is 8.30. The number of rotatable bonds is 6. The van der Waals surface area contributed by atoms with Crippen molar-refractivity contribution in [3.63, 3.8) is 0 Å². The van der Waals surface area contributed by atoms with Crippen LogP contribution in [0.3, 0.4) is 0 Å². The lowest BCUT2D eigenvalue weighted by atomic mass is 10.2. The van der Waals surface area contributed by atoms with Crippen LogP contribution in [0, 0.1) is 0 Å². The molecule has 7 heteroatoms. The second-order valence-corrected chi connectivity index (χ2v) is 6.15. The number of carbonyl (C=O) groups is 1. The lowest BCUT2D eigenvalue weighted by Crippen LogP contribution is -2.31. The van der Waals surface area contributed by atoms with E-state index in [0.29, 0.717) is 23.9 Å². The van der Waals surface area contributed by atoms with Gasteiger partial charge in [-0.15, -0.1) is 5.10 Å². The fourth-order valence-electron chi connectivity index (χ4n) is 2.11. The molecule has 0 aliphatic carbocycles. The lowest BCUT2D eigenvalue weighted by molar-refractivity contribution is -0.120. The third kappa shape index (κ3) is 3.87. The molecule has 0 spiro atoms. The van der Waals surface area contributed by atoms with Crippen molar-refractivity contribution < 1.29 is 4.79 Å². The first-order chi connectivity index (χ1) is 11.3. The zero-order chi connectivity index (χ0) is 16.1. The van der Waals surface area contributed by atoms with E-state index in [0.717, 1.165) is 5.56 Å². The lowest BCUT2D eigenvalue weighted by Gasteiger charge is -2.12. The van der Waals surface area contributed by atoms with Crippen LogP contribution < -0.4 is 5.32 Å². The van der Waals surface area contributed by atoms with E-state index in [1.807, 2.05) is 37.3 Å². The van der Waals surface area contributed by atoms with Gasteiger partial charge in [-0.25, -0.2) is 9.50 Å². The zero-order valence-electron chi connectivity index (χ0n) is 12.7. The fourth-order valence-corrected chi connectivity index (χ4v) is 2.99. The molecule has 3 aromatic rings. The fraction of sp³-hybridized carbons (Fsp3) is 0.250. The standard InChI is InChI=1S/C16H17N5OS/c1-2-13(14(22)18-11-12-7-4-3-5-8-12)23-16-19-15-17-9-6-10-21(15)20-16/h3-10,13H,2,11H2,1H3,(H,18,22)/t13-/m1/s1. The Kier molecular flexibility index (Phi) is 4.87. The van der Waals surface area contributed by atoms with Crippen molar-refractivity contribution in [3.8, 4) is 0 Å². The van der Waals surface area contributed by atoms with Gasteiger partial charge in [0.05, 0.1) is 5.25 Å². The monoisotopic (exact) mass is 327 g/mol. The van der Waals surface area contributed by atoms with Crippen LogP contribution in [0.5, 0.6) is 0 Å². The zero-order valence-corrected chi connectivity index (χ0v) is 13.5. The summed E-state index contributed by atoms with van der Waals surface area (Å²) in [6.07, 6.45) is 4.16. The van der Waals surface area contributed by atoms with Gasteiger partial charge in [0.1, 0.15) is 0 Å². The molecule has 3 rings (SSSR count). The van der Waals surface area contributed by atoms with E-state index >= 15 is 0 Å². The molecule has 1 aromatic carbocycles. The average Bonchev–Trinajstić information content (AvgIpc) is 3.01. The van der Waals surface area contributed by atoms with E-state index < -0.39 is 0 Å². The minimum atomic E-state index is -0.226. The Hall–Kier alpha value is -2.41. The van der Waals surface area contributed by atoms with Gasteiger partial charge >= 0.3 is 0 Å². The predicted molar refractivity (Wildman–Crippen MR) is 89.0 cm³/mol. The van der Waals surface area contributed by atoms with Gasteiger partial charge in [0.25, 0.3) is 5.78 Å². The molecule has 1 N–H and O–H groups in total. The molecule has 0 aliphatic rings. The summed E-state index contributed by atoms with van der Waals surface area (Å²) in [5.74, 6) is 0.530. The molecular weight excluding hydrogens is 310 g/mol. The second kappa shape index (κ2) is 7.23. The maximum absolute atomic E-state index is 12.4. The largest absolute Gasteiger partial charge is 0.351 e. The number of thioether (sulfide) groups is 1. The summed E-state index contributed by atoms with van der Waals surface area (Å²) in [5.41, 5.74) is 1.08. The van der Waals surface area contributed by atoms with Gasteiger partial charge < -0.3 is 5.32 Å². The Morgan fingerprint density at radius 3 is 2.87 bits per heavy atom. The SMILES string of the molecule is CC[C@@H](Sc1nc2ncccn2n1)C(=O)NCc1ccccc1. The molecule has 6 nitrogen and oxygen atoms in total. The van der Waals surface area contributed by atoms with Gasteiger partial charge in [0, 0.05) is 18.9 Å². The molecule has 0 radical (unpaired) electrons. The molecule has 118 valence electrons. The summed E-state index contributed by atoms with van der Waals surface area (Å²) in [7, 11) is 0. The number of nitrogens with zero attached hydrogens (tertiary/aromatic N) is 4. The van der Waals surface area contributed by atoms with Crippen LogP contribution in [0.2, 0.25) is 0 Å². The van der Waals surface area contributed by atoms with Gasteiger partial charge in [0.15, 0.2) is 0 Å². The Morgan fingerprint density at radius 1 is 1.30 bits per heavy atom. The third-order valence-corrected chi connectivity index (χ3v) is 4.53. The van der Waals surface area contributed by atoms with E-state index in [1.165, 1.54) is 11.8 Å². The smallest absolute Gasteiger partial charge is 0.253 e. The summed E-state index contributed by atoms with van der Waals surface area (Å²) >= 11 is 1.36. The first-order valence-electron chi connectivity index (χ1n) is 7.42. The van der Waals surface area contributed by atoms with E-state index in [-0.39, 0.29) is 11.2 Å². The Balaban J connectivity index is 1.63. The maximum Gasteiger partial charge on any atom is 0.253 e. The highest BCUT2D eigenvalue weighted by molar-refractivity contribution is 8.00. The van der Waals surface area contributed by atoms with Crippen LogP contribution in [-0.4, -0.2) is 30.7 Å². The van der Waals surface area contributed by atoms with Crippen molar-refractivity contribution in [2.75, 3.05) is 0 Å². The quantitative estimate of drug-likeness (QED) is 0.703. The summed E-state index contributed by atoms with van der Waals surface area (Å²) < 4.78 is 1.61. The minimum absolute atomic E-state index is 0.00633. The molecule has 2 heterocycles. The predicted octanol–water partition coefficient (Wildman–Crippen LogP) is 2.31. The molecule has 2 aromatic heterocycles. The first kappa shape index (κ1) is 15.5. The number of hydrogen-bond donors (Lipinski definition) is 1. The van der Waals surface area contributed by atoms with Crippen molar-refractivity contribution in [3.05, 3.63) is 54.4 Å². The maximum atomic E-state index is 12.4. The van der Waals surface area contributed by atoms with Gasteiger partial charge in [-0.05, 0) is 18.1 Å². The normalized spacial score (nSPS) is 12.2. The van der Waals surface area contributed by atoms with E-state index in [2.05, 4.69) is 20.4 Å². The average molecular weight is 327 g/mol. The summed E-state index contributed by atoms with van der Waals surface area (Å²) in [4.78, 5) is 20.8. The van der Waals surface area contributed by atoms with Crippen molar-refractivity contribution in [1.29, 1.82) is 0 Å². The van der Waals surface area contributed by atoms with E-state index in [9.17, 15) is 4.79 Å². The van der Waals surface area contributed by atoms with Crippen LogP contribution in [-0.2, 0) is 11.3 Å². The summed E-state index contributed by atoms with van der Waals surface area (Å²) in [6, 6.07) is 11.6. The van der Waals surface area contributed by atoms with Gasteiger partial charge in [-0.3, -0.25) is 4.79 Å². The number of benzene rings is 1. The van der Waals surface area contributed by atoms with E-state index in [1.54, 1.807) is 23.0 Å². The van der Waals surface area contributed by atoms with Crippen LogP contribution in [0.1, 0.15) is 18.9 Å². The van der Waals surface area contributed by atoms with Crippen LogP contribution >= 0.6 is 11.8 Å². The number of amides is 1. The number of nitrogens with one attached hydrogen (secondary N) is 1. The van der Waals surface area contributed by atoms with Crippen LogP contribution in [0.25, 0.3) is 5.78 Å². The molecule has 0 bridgehead atoms. The number of aromatic nitrogens is 4. The molecule has 1 amide bonds. The second-order valence-electron chi connectivity index (χ2n) is 4.98. The molecule has 23 heavy (non-hydrogen) atoms. The van der Waals surface area contributed by atoms with Crippen molar-refractivity contribution in [2.24, 2.45) is 0 Å². The van der Waals surface area contributed by atoms with Gasteiger partial charge in [-0.1, -0.05) is 49.0 Å². The van der Waals surface area contributed by atoms with E-state index in [4.69, 9.17) is 0 Å². The molecule has 0 saturated heterocycles.